The molecule has 1 aromatic heterocycles. The molecular weight excluding hydrogens is 416 g/mol. The van der Waals surface area contributed by atoms with Crippen LogP contribution >= 0.6 is 0 Å². The van der Waals surface area contributed by atoms with E-state index in [1.165, 1.54) is 5.56 Å². The molecule has 0 unspecified atom stereocenters. The molecule has 7 nitrogen and oxygen atoms in total. The topological polar surface area (TPSA) is 85.5 Å². The first-order valence-corrected chi connectivity index (χ1v) is 11.6. The Morgan fingerprint density at radius 1 is 1.00 bits per heavy atom. The van der Waals surface area contributed by atoms with E-state index in [4.69, 9.17) is 0 Å². The van der Waals surface area contributed by atoms with Crippen LogP contribution in [0.4, 0.5) is 0 Å². The normalized spacial score (nSPS) is 21.0. The van der Waals surface area contributed by atoms with Crippen molar-refractivity contribution in [2.45, 2.75) is 37.8 Å². The summed E-state index contributed by atoms with van der Waals surface area (Å²) in [7, 11) is 0. The van der Waals surface area contributed by atoms with Crippen LogP contribution in [0.3, 0.4) is 0 Å². The van der Waals surface area contributed by atoms with Gasteiger partial charge in [-0.3, -0.25) is 14.4 Å². The van der Waals surface area contributed by atoms with Gasteiger partial charge in [-0.05, 0) is 30.0 Å². The summed E-state index contributed by atoms with van der Waals surface area (Å²) in [6, 6.07) is 17.0. The summed E-state index contributed by atoms with van der Waals surface area (Å²) in [6.45, 7) is 1.59. The molecule has 0 spiro atoms. The molecule has 3 heterocycles. The van der Waals surface area contributed by atoms with Gasteiger partial charge in [-0.2, -0.15) is 0 Å². The Labute approximate surface area is 192 Å². The number of nitrogens with zero attached hydrogens (tertiary/aromatic N) is 2. The largest absolute Gasteiger partial charge is 0.361 e. The van der Waals surface area contributed by atoms with E-state index in [0.29, 0.717) is 38.9 Å². The van der Waals surface area contributed by atoms with Crippen LogP contribution in [0.2, 0.25) is 0 Å². The number of hydrogen-bond donors (Lipinski definition) is 2. The number of fused-ring (bicyclic) bond motifs is 1. The molecule has 7 heteroatoms. The Morgan fingerprint density at radius 2 is 1.79 bits per heavy atom. The smallest absolute Gasteiger partial charge is 0.245 e. The lowest BCUT2D eigenvalue weighted by molar-refractivity contribution is -0.152. The number of aromatic amines is 1. The molecular formula is C26H28N4O3. The maximum Gasteiger partial charge on any atom is 0.245 e. The Hall–Kier alpha value is -3.61. The Kier molecular flexibility index (Phi) is 5.86. The van der Waals surface area contributed by atoms with Crippen molar-refractivity contribution in [2.24, 2.45) is 0 Å². The number of hydrogen-bond acceptors (Lipinski definition) is 3. The Balaban J connectivity index is 1.38. The van der Waals surface area contributed by atoms with Crippen LogP contribution in [0.5, 0.6) is 0 Å². The van der Waals surface area contributed by atoms with E-state index in [2.05, 4.69) is 22.4 Å². The van der Waals surface area contributed by atoms with Gasteiger partial charge in [-0.15, -0.1) is 0 Å². The molecule has 0 saturated carbocycles. The fraction of sp³-hybridized carbons (Fsp3) is 0.346. The van der Waals surface area contributed by atoms with Crippen LogP contribution in [0.1, 0.15) is 24.0 Å². The fourth-order valence-corrected chi connectivity index (χ4v) is 4.94. The van der Waals surface area contributed by atoms with Gasteiger partial charge in [-0.25, -0.2) is 0 Å². The fourth-order valence-electron chi connectivity index (χ4n) is 4.94. The zero-order chi connectivity index (χ0) is 22.8. The van der Waals surface area contributed by atoms with E-state index in [-0.39, 0.29) is 17.7 Å². The highest BCUT2D eigenvalue weighted by Gasteiger charge is 2.41. The third-order valence-corrected chi connectivity index (χ3v) is 6.76. The minimum Gasteiger partial charge on any atom is -0.361 e. The van der Waals surface area contributed by atoms with Gasteiger partial charge < -0.3 is 20.1 Å². The third-order valence-electron chi connectivity index (χ3n) is 6.76. The minimum absolute atomic E-state index is 0.0277. The number of carbonyl (C=O) groups excluding carboxylic acids is 3. The zero-order valence-electron chi connectivity index (χ0n) is 18.5. The van der Waals surface area contributed by atoms with Crippen molar-refractivity contribution >= 4 is 28.6 Å². The van der Waals surface area contributed by atoms with Crippen molar-refractivity contribution in [1.29, 1.82) is 0 Å². The molecule has 3 aromatic rings. The maximum atomic E-state index is 13.6. The lowest BCUT2D eigenvalue weighted by atomic mass is 9.99. The van der Waals surface area contributed by atoms with E-state index in [9.17, 15) is 14.4 Å². The number of benzene rings is 2. The van der Waals surface area contributed by atoms with E-state index >= 15 is 0 Å². The Bertz CT molecular complexity index is 1170. The number of amides is 3. The van der Waals surface area contributed by atoms with Gasteiger partial charge in [0.05, 0.1) is 0 Å². The summed E-state index contributed by atoms with van der Waals surface area (Å²) in [6.07, 6.45) is 3.99. The summed E-state index contributed by atoms with van der Waals surface area (Å²) in [5, 5.41) is 3.83. The van der Waals surface area contributed by atoms with Gasteiger partial charge in [-0.1, -0.05) is 48.5 Å². The second kappa shape index (κ2) is 9.10. The molecule has 5 rings (SSSR count). The van der Waals surface area contributed by atoms with Gasteiger partial charge in [0.15, 0.2) is 0 Å². The van der Waals surface area contributed by atoms with E-state index in [1.807, 2.05) is 53.6 Å². The van der Waals surface area contributed by atoms with Crippen molar-refractivity contribution in [3.05, 3.63) is 71.9 Å². The number of H-pyrrole nitrogens is 1. The molecule has 2 fully saturated rings. The zero-order valence-corrected chi connectivity index (χ0v) is 18.5. The summed E-state index contributed by atoms with van der Waals surface area (Å²) in [5.74, 6) is -0.281. The predicted molar refractivity (Wildman–Crippen MR) is 125 cm³/mol. The van der Waals surface area contributed by atoms with Crippen LogP contribution in [0, 0.1) is 0 Å². The standard InChI is InChI=1S/C26H28N4O3/c31-24-11-10-22(28-24)25(32)30-15-14-29(13-12-18-6-2-1-3-7-18)26(33)23(30)16-19-17-27-21-9-5-4-8-20(19)21/h1-9,17,22-23,27H,10-16H2,(H,28,31)/t22-,23+/m0/s1. The van der Waals surface area contributed by atoms with Crippen molar-refractivity contribution in [2.75, 3.05) is 19.6 Å². The second-order valence-corrected chi connectivity index (χ2v) is 8.83. The highest BCUT2D eigenvalue weighted by atomic mass is 16.2. The number of carbonyl (C=O) groups is 3. The number of nitrogens with one attached hydrogen (secondary N) is 2. The molecule has 2 aliphatic heterocycles. The first-order chi connectivity index (χ1) is 16.1. The van der Waals surface area contributed by atoms with E-state index in [1.54, 1.807) is 4.90 Å². The Morgan fingerprint density at radius 3 is 2.58 bits per heavy atom. The van der Waals surface area contributed by atoms with Crippen LogP contribution in [-0.4, -0.2) is 64.2 Å². The molecule has 2 N–H and O–H groups in total. The molecule has 2 saturated heterocycles. The number of piperazine rings is 1. The number of aromatic nitrogens is 1. The van der Waals surface area contributed by atoms with E-state index in [0.717, 1.165) is 22.9 Å². The average molecular weight is 445 g/mol. The maximum absolute atomic E-state index is 13.6. The second-order valence-electron chi connectivity index (χ2n) is 8.83. The molecule has 0 aliphatic carbocycles. The minimum atomic E-state index is -0.585. The highest BCUT2D eigenvalue weighted by molar-refractivity contribution is 5.95. The molecule has 0 radical (unpaired) electrons. The van der Waals surface area contributed by atoms with Crippen LogP contribution in [0.15, 0.2) is 60.8 Å². The van der Waals surface area contributed by atoms with Gasteiger partial charge in [0.25, 0.3) is 0 Å². The summed E-state index contributed by atoms with van der Waals surface area (Å²) in [4.78, 5) is 45.5. The highest BCUT2D eigenvalue weighted by Crippen LogP contribution is 2.24. The molecule has 2 aliphatic rings. The number of rotatable bonds is 6. The van der Waals surface area contributed by atoms with E-state index < -0.39 is 12.1 Å². The van der Waals surface area contributed by atoms with Crippen molar-refractivity contribution in [3.8, 4) is 0 Å². The van der Waals surface area contributed by atoms with Gasteiger partial charge >= 0.3 is 0 Å². The molecule has 2 atom stereocenters. The summed E-state index contributed by atoms with van der Waals surface area (Å²) in [5.41, 5.74) is 3.21. The predicted octanol–water partition coefficient (Wildman–Crippen LogP) is 2.27. The lowest BCUT2D eigenvalue weighted by Crippen LogP contribution is -2.62. The summed E-state index contributed by atoms with van der Waals surface area (Å²) >= 11 is 0. The first-order valence-electron chi connectivity index (χ1n) is 11.6. The van der Waals surface area contributed by atoms with Crippen molar-refractivity contribution in [3.63, 3.8) is 0 Å². The van der Waals surface area contributed by atoms with Gasteiger partial charge in [0.2, 0.25) is 17.7 Å². The van der Waals surface area contributed by atoms with Gasteiger partial charge in [0.1, 0.15) is 12.1 Å². The monoisotopic (exact) mass is 444 g/mol. The molecule has 3 amide bonds. The lowest BCUT2D eigenvalue weighted by Gasteiger charge is -2.41. The SMILES string of the molecule is O=C1CC[C@@H](C(=O)N2CCN(CCc3ccccc3)C(=O)[C@H]2Cc2c[nH]c3ccccc23)N1. The van der Waals surface area contributed by atoms with Crippen LogP contribution in [-0.2, 0) is 27.2 Å². The first kappa shape index (κ1) is 21.2. The average Bonchev–Trinajstić information content (AvgIpc) is 3.46. The molecule has 2 aromatic carbocycles. The molecule has 33 heavy (non-hydrogen) atoms. The molecule has 0 bridgehead atoms. The molecule has 170 valence electrons. The van der Waals surface area contributed by atoms with Crippen LogP contribution in [0.25, 0.3) is 10.9 Å². The number of para-hydroxylation sites is 1. The third kappa shape index (κ3) is 4.35. The quantitative estimate of drug-likeness (QED) is 0.612. The summed E-state index contributed by atoms with van der Waals surface area (Å²) < 4.78 is 0. The van der Waals surface area contributed by atoms with Crippen molar-refractivity contribution < 1.29 is 14.4 Å². The van der Waals surface area contributed by atoms with Crippen LogP contribution < -0.4 is 5.32 Å². The van der Waals surface area contributed by atoms with Gasteiger partial charge in [0, 0.05) is 49.6 Å². The van der Waals surface area contributed by atoms with Crippen molar-refractivity contribution in [1.82, 2.24) is 20.1 Å².